The third-order valence-electron chi connectivity index (χ3n) is 2.43. The Morgan fingerprint density at radius 3 is 2.50 bits per heavy atom. The van der Waals surface area contributed by atoms with E-state index in [0.717, 1.165) is 0 Å². The third-order valence-corrected chi connectivity index (χ3v) is 3.37. The van der Waals surface area contributed by atoms with Crippen molar-refractivity contribution in [2.24, 2.45) is 0 Å². The number of nitro benzene ring substituents is 1. The number of pyridine rings is 1. The molecule has 0 aliphatic rings. The number of aromatic nitrogens is 1. The lowest BCUT2D eigenvalue weighted by atomic mass is 10.2. The number of halogens is 3. The van der Waals surface area contributed by atoms with Crippen molar-refractivity contribution in [2.45, 2.75) is 6.92 Å². The number of non-ortho nitro benzene ring substituents is 1. The molecule has 0 radical (unpaired) electrons. The lowest BCUT2D eigenvalue weighted by Gasteiger charge is -2.09. The fraction of sp³-hybridized carbons (Fsp3) is 0.0833. The predicted molar refractivity (Wildman–Crippen MR) is 77.2 cm³/mol. The lowest BCUT2D eigenvalue weighted by Crippen LogP contribution is -1.94. The molecule has 0 fully saturated rings. The molecule has 0 spiro atoms. The minimum atomic E-state index is -0.485. The van der Waals surface area contributed by atoms with Gasteiger partial charge < -0.3 is 4.74 Å². The summed E-state index contributed by atoms with van der Waals surface area (Å²) in [6, 6.07) is 5.59. The molecule has 2 rings (SSSR count). The normalized spacial score (nSPS) is 10.4. The molecule has 0 unspecified atom stereocenters. The maximum absolute atomic E-state index is 10.7. The fourth-order valence-corrected chi connectivity index (χ4v) is 1.99. The summed E-state index contributed by atoms with van der Waals surface area (Å²) >= 11 is 17.5. The van der Waals surface area contributed by atoms with Crippen LogP contribution in [-0.2, 0) is 0 Å². The smallest absolute Gasteiger partial charge is 0.269 e. The summed E-state index contributed by atoms with van der Waals surface area (Å²) in [4.78, 5) is 14.1. The summed E-state index contributed by atoms with van der Waals surface area (Å²) in [6.07, 6.45) is 0. The SMILES string of the molecule is Cc1cc([N+](=O)[O-])ccc1Oc1nc(Cl)c(Cl)cc1Cl. The van der Waals surface area contributed by atoms with E-state index in [-0.39, 0.29) is 26.8 Å². The molecule has 0 saturated heterocycles. The quantitative estimate of drug-likeness (QED) is 0.448. The summed E-state index contributed by atoms with van der Waals surface area (Å²) in [6.45, 7) is 1.67. The Hall–Kier alpha value is -1.56. The Morgan fingerprint density at radius 2 is 1.90 bits per heavy atom. The highest BCUT2D eigenvalue weighted by Gasteiger charge is 2.13. The largest absolute Gasteiger partial charge is 0.437 e. The molecule has 0 saturated carbocycles. The first-order valence-electron chi connectivity index (χ1n) is 5.33. The Bertz CT molecular complexity index is 692. The number of aryl methyl sites for hydroxylation is 1. The Kier molecular flexibility index (Phi) is 4.32. The van der Waals surface area contributed by atoms with Gasteiger partial charge in [0.2, 0.25) is 5.88 Å². The van der Waals surface area contributed by atoms with Crippen molar-refractivity contribution in [2.75, 3.05) is 0 Å². The van der Waals surface area contributed by atoms with Crippen LogP contribution in [0, 0.1) is 17.0 Å². The standard InChI is InChI=1S/C12H7Cl3N2O3/c1-6-4-7(17(18)19)2-3-10(6)20-12-9(14)5-8(13)11(15)16-12/h2-5H,1H3. The molecule has 0 aliphatic heterocycles. The van der Waals surface area contributed by atoms with E-state index in [1.54, 1.807) is 6.92 Å². The molecule has 8 heteroatoms. The van der Waals surface area contributed by atoms with Crippen molar-refractivity contribution in [3.05, 3.63) is 55.1 Å². The van der Waals surface area contributed by atoms with Crippen molar-refractivity contribution < 1.29 is 9.66 Å². The van der Waals surface area contributed by atoms with E-state index in [1.165, 1.54) is 24.3 Å². The predicted octanol–water partition coefficient (Wildman–Crippen LogP) is 5.05. The van der Waals surface area contributed by atoms with Crippen LogP contribution in [0.15, 0.2) is 24.3 Å². The minimum absolute atomic E-state index is 0.0250. The molecule has 104 valence electrons. The van der Waals surface area contributed by atoms with Crippen LogP contribution in [0.25, 0.3) is 0 Å². The summed E-state index contributed by atoms with van der Waals surface area (Å²) in [5, 5.41) is 11.1. The molecule has 20 heavy (non-hydrogen) atoms. The van der Waals surface area contributed by atoms with Gasteiger partial charge >= 0.3 is 0 Å². The van der Waals surface area contributed by atoms with Gasteiger partial charge in [0.15, 0.2) is 5.15 Å². The Morgan fingerprint density at radius 1 is 1.20 bits per heavy atom. The van der Waals surface area contributed by atoms with Gasteiger partial charge in [-0.1, -0.05) is 34.8 Å². The van der Waals surface area contributed by atoms with Crippen LogP contribution in [-0.4, -0.2) is 9.91 Å². The molecular weight excluding hydrogens is 327 g/mol. The monoisotopic (exact) mass is 332 g/mol. The maximum atomic E-state index is 10.7. The number of nitro groups is 1. The number of benzene rings is 1. The molecule has 1 aromatic heterocycles. The van der Waals surface area contributed by atoms with E-state index in [4.69, 9.17) is 39.5 Å². The zero-order valence-corrected chi connectivity index (χ0v) is 12.3. The molecule has 2 aromatic rings. The van der Waals surface area contributed by atoms with Gasteiger partial charge in [-0.05, 0) is 24.6 Å². The first kappa shape index (κ1) is 14.8. The number of nitrogens with zero attached hydrogens (tertiary/aromatic N) is 2. The van der Waals surface area contributed by atoms with Gasteiger partial charge in [0.25, 0.3) is 5.69 Å². The summed E-state index contributed by atoms with van der Waals surface area (Å²) in [7, 11) is 0. The zero-order chi connectivity index (χ0) is 14.9. The van der Waals surface area contributed by atoms with Gasteiger partial charge in [-0.25, -0.2) is 0 Å². The minimum Gasteiger partial charge on any atom is -0.437 e. The molecule has 0 aliphatic carbocycles. The average Bonchev–Trinajstić information content (AvgIpc) is 2.37. The van der Waals surface area contributed by atoms with Gasteiger partial charge in [-0.2, -0.15) is 4.98 Å². The molecular formula is C12H7Cl3N2O3. The van der Waals surface area contributed by atoms with Crippen LogP contribution in [0.4, 0.5) is 5.69 Å². The number of hydrogen-bond acceptors (Lipinski definition) is 4. The third kappa shape index (κ3) is 3.12. The highest BCUT2D eigenvalue weighted by Crippen LogP contribution is 2.34. The molecule has 1 aromatic carbocycles. The topological polar surface area (TPSA) is 65.3 Å². The summed E-state index contributed by atoms with van der Waals surface area (Å²) in [5.74, 6) is 0.474. The summed E-state index contributed by atoms with van der Waals surface area (Å²) in [5.41, 5.74) is 0.547. The van der Waals surface area contributed by atoms with Gasteiger partial charge in [-0.3, -0.25) is 10.1 Å². The fourth-order valence-electron chi connectivity index (χ4n) is 1.47. The van der Waals surface area contributed by atoms with Gasteiger partial charge in [0, 0.05) is 12.1 Å². The van der Waals surface area contributed by atoms with E-state index < -0.39 is 4.92 Å². The highest BCUT2D eigenvalue weighted by atomic mass is 35.5. The number of hydrogen-bond donors (Lipinski definition) is 0. The average molecular weight is 334 g/mol. The maximum Gasteiger partial charge on any atom is 0.269 e. The van der Waals surface area contributed by atoms with E-state index in [9.17, 15) is 10.1 Å². The van der Waals surface area contributed by atoms with Crippen molar-refractivity contribution >= 4 is 40.5 Å². The van der Waals surface area contributed by atoms with Crippen molar-refractivity contribution in [3.8, 4) is 11.6 Å². The first-order chi connectivity index (χ1) is 9.38. The van der Waals surface area contributed by atoms with Crippen LogP contribution in [0.1, 0.15) is 5.56 Å². The van der Waals surface area contributed by atoms with E-state index in [0.29, 0.717) is 11.3 Å². The Labute approximate surface area is 129 Å². The van der Waals surface area contributed by atoms with E-state index >= 15 is 0 Å². The first-order valence-corrected chi connectivity index (χ1v) is 6.46. The molecule has 0 amide bonds. The number of ether oxygens (including phenoxy) is 1. The molecule has 0 bridgehead atoms. The van der Waals surface area contributed by atoms with Crippen LogP contribution >= 0.6 is 34.8 Å². The number of rotatable bonds is 3. The van der Waals surface area contributed by atoms with Crippen molar-refractivity contribution in [1.29, 1.82) is 0 Å². The van der Waals surface area contributed by atoms with Crippen molar-refractivity contribution in [1.82, 2.24) is 4.98 Å². The second-order valence-corrected chi connectivity index (χ2v) is 5.03. The molecule has 0 atom stereocenters. The molecule has 0 N–H and O–H groups in total. The van der Waals surface area contributed by atoms with Crippen LogP contribution in [0.2, 0.25) is 15.2 Å². The van der Waals surface area contributed by atoms with E-state index in [2.05, 4.69) is 4.98 Å². The molecule has 1 heterocycles. The van der Waals surface area contributed by atoms with Gasteiger partial charge in [0.05, 0.1) is 9.95 Å². The van der Waals surface area contributed by atoms with Gasteiger partial charge in [0.1, 0.15) is 10.8 Å². The zero-order valence-electron chi connectivity index (χ0n) is 10.1. The summed E-state index contributed by atoms with van der Waals surface area (Å²) < 4.78 is 5.50. The van der Waals surface area contributed by atoms with E-state index in [1.807, 2.05) is 0 Å². The van der Waals surface area contributed by atoms with Crippen LogP contribution < -0.4 is 4.74 Å². The van der Waals surface area contributed by atoms with Crippen LogP contribution in [0.3, 0.4) is 0 Å². The Balaban J connectivity index is 2.35. The highest BCUT2D eigenvalue weighted by molar-refractivity contribution is 6.42. The second-order valence-electron chi connectivity index (χ2n) is 3.86. The van der Waals surface area contributed by atoms with Crippen LogP contribution in [0.5, 0.6) is 11.6 Å². The van der Waals surface area contributed by atoms with Crippen molar-refractivity contribution in [3.63, 3.8) is 0 Å². The second kappa shape index (κ2) is 5.83. The van der Waals surface area contributed by atoms with Gasteiger partial charge in [-0.15, -0.1) is 0 Å². The lowest BCUT2D eigenvalue weighted by molar-refractivity contribution is -0.384. The molecule has 5 nitrogen and oxygen atoms in total.